The summed E-state index contributed by atoms with van der Waals surface area (Å²) < 4.78 is 38.2. The Hall–Kier alpha value is -3.49. The zero-order valence-electron chi connectivity index (χ0n) is 17.6. The first-order valence-corrected chi connectivity index (χ1v) is 10.9. The number of likely N-dealkylation sites (N-methyl/N-ethyl adjacent to an activating group) is 1. The van der Waals surface area contributed by atoms with E-state index in [1.807, 2.05) is 12.1 Å². The average Bonchev–Trinajstić information content (AvgIpc) is 3.22. The van der Waals surface area contributed by atoms with Gasteiger partial charge in [0.15, 0.2) is 5.13 Å². The van der Waals surface area contributed by atoms with E-state index in [1.54, 1.807) is 6.20 Å². The number of amides is 1. The second-order valence-corrected chi connectivity index (χ2v) is 8.53. The molecule has 2 aromatic heterocycles. The van der Waals surface area contributed by atoms with E-state index >= 15 is 0 Å². The summed E-state index contributed by atoms with van der Waals surface area (Å²) in [5, 5.41) is 12.3. The molecule has 0 unspecified atom stereocenters. The van der Waals surface area contributed by atoms with E-state index < -0.39 is 17.6 Å². The van der Waals surface area contributed by atoms with Gasteiger partial charge in [0.2, 0.25) is 0 Å². The van der Waals surface area contributed by atoms with Gasteiger partial charge in [-0.1, -0.05) is 11.3 Å². The van der Waals surface area contributed by atoms with Crippen molar-refractivity contribution in [1.82, 2.24) is 14.9 Å². The first kappa shape index (κ1) is 22.7. The Balaban J connectivity index is 1.54. The molecule has 0 atom stereocenters. The maximum atomic E-state index is 12.7. The normalized spacial score (nSPS) is 14.7. The van der Waals surface area contributed by atoms with Crippen molar-refractivity contribution >= 4 is 28.1 Å². The number of carbonyl (C=O) groups excluding carboxylic acids is 1. The van der Waals surface area contributed by atoms with Gasteiger partial charge in [-0.3, -0.25) is 15.1 Å². The van der Waals surface area contributed by atoms with Gasteiger partial charge in [-0.15, -0.1) is 0 Å². The second kappa shape index (κ2) is 9.17. The van der Waals surface area contributed by atoms with Gasteiger partial charge in [0.05, 0.1) is 11.3 Å². The molecule has 3 heterocycles. The number of anilines is 2. The Bertz CT molecular complexity index is 1190. The monoisotopic (exact) mass is 472 g/mol. The molecule has 0 saturated carbocycles. The van der Waals surface area contributed by atoms with E-state index in [9.17, 15) is 23.2 Å². The fraction of sp³-hybridized carbons (Fsp3) is 0.273. The van der Waals surface area contributed by atoms with Crippen molar-refractivity contribution in [1.29, 1.82) is 5.26 Å². The maximum absolute atomic E-state index is 12.7. The molecule has 1 aliphatic heterocycles. The van der Waals surface area contributed by atoms with Crippen molar-refractivity contribution in [2.75, 3.05) is 43.4 Å². The van der Waals surface area contributed by atoms with Gasteiger partial charge < -0.3 is 9.80 Å². The number of nitriles is 1. The van der Waals surface area contributed by atoms with Crippen LogP contribution in [0.1, 0.15) is 20.8 Å². The first-order chi connectivity index (χ1) is 15.7. The smallest absolute Gasteiger partial charge is 0.369 e. The lowest BCUT2D eigenvalue weighted by Crippen LogP contribution is -2.44. The van der Waals surface area contributed by atoms with E-state index in [-0.39, 0.29) is 15.6 Å². The number of thiazole rings is 1. The molecular formula is C22H19F3N6OS. The summed E-state index contributed by atoms with van der Waals surface area (Å²) in [4.78, 5) is 25.9. The number of hydrogen-bond donors (Lipinski definition) is 1. The predicted molar refractivity (Wildman–Crippen MR) is 119 cm³/mol. The average molecular weight is 472 g/mol. The maximum Gasteiger partial charge on any atom is 0.416 e. The number of hydrogen-bond acceptors (Lipinski definition) is 7. The fourth-order valence-corrected chi connectivity index (χ4v) is 4.18. The van der Waals surface area contributed by atoms with E-state index in [0.29, 0.717) is 11.4 Å². The fourth-order valence-electron chi connectivity index (χ4n) is 3.41. The molecule has 11 heteroatoms. The van der Waals surface area contributed by atoms with Crippen LogP contribution in [-0.2, 0) is 6.18 Å². The van der Waals surface area contributed by atoms with Crippen molar-refractivity contribution in [3.8, 4) is 17.5 Å². The van der Waals surface area contributed by atoms with Crippen LogP contribution in [0.2, 0.25) is 0 Å². The largest absolute Gasteiger partial charge is 0.416 e. The Labute approximate surface area is 192 Å². The van der Waals surface area contributed by atoms with Gasteiger partial charge in [-0.05, 0) is 43.4 Å². The summed E-state index contributed by atoms with van der Waals surface area (Å²) in [5.74, 6) is -0.618. The summed E-state index contributed by atoms with van der Waals surface area (Å²) in [6.07, 6.45) is -2.82. The molecule has 33 heavy (non-hydrogen) atoms. The van der Waals surface area contributed by atoms with Crippen LogP contribution in [0.4, 0.5) is 24.0 Å². The van der Waals surface area contributed by atoms with E-state index in [0.717, 1.165) is 67.5 Å². The predicted octanol–water partition coefficient (Wildman–Crippen LogP) is 4.10. The zero-order valence-corrected chi connectivity index (χ0v) is 18.4. The van der Waals surface area contributed by atoms with Crippen LogP contribution in [0.5, 0.6) is 0 Å². The molecule has 0 spiro atoms. The Kier molecular flexibility index (Phi) is 6.31. The van der Waals surface area contributed by atoms with Crippen LogP contribution in [0, 0.1) is 11.3 Å². The van der Waals surface area contributed by atoms with Gasteiger partial charge in [0.1, 0.15) is 16.6 Å². The van der Waals surface area contributed by atoms with E-state index in [1.165, 1.54) is 0 Å². The molecule has 170 valence electrons. The van der Waals surface area contributed by atoms with Crippen LogP contribution in [0.3, 0.4) is 0 Å². The highest BCUT2D eigenvalue weighted by Crippen LogP contribution is 2.32. The third-order valence-electron chi connectivity index (χ3n) is 5.28. The molecule has 3 aromatic rings. The third kappa shape index (κ3) is 5.13. The second-order valence-electron chi connectivity index (χ2n) is 7.53. The highest BCUT2D eigenvalue weighted by molar-refractivity contribution is 7.16. The Morgan fingerprint density at radius 1 is 1.15 bits per heavy atom. The van der Waals surface area contributed by atoms with Crippen LogP contribution < -0.4 is 10.2 Å². The number of aromatic nitrogens is 2. The van der Waals surface area contributed by atoms with Crippen molar-refractivity contribution in [2.45, 2.75) is 6.18 Å². The molecule has 0 radical (unpaired) electrons. The molecule has 4 rings (SSSR count). The third-order valence-corrected chi connectivity index (χ3v) is 6.15. The van der Waals surface area contributed by atoms with Crippen molar-refractivity contribution in [2.24, 2.45) is 0 Å². The SMILES string of the molecule is CN1CCN(c2ccnc(-c3nc(NC(=O)c4ccc(C(F)(F)F)cc4)sc3C#N)c2)CC1. The lowest BCUT2D eigenvalue weighted by atomic mass is 10.1. The molecular weight excluding hydrogens is 453 g/mol. The minimum atomic E-state index is -4.48. The highest BCUT2D eigenvalue weighted by Gasteiger charge is 2.30. The number of carbonyl (C=O) groups is 1. The molecule has 1 amide bonds. The lowest BCUT2D eigenvalue weighted by molar-refractivity contribution is -0.137. The van der Waals surface area contributed by atoms with Crippen LogP contribution in [-0.4, -0.2) is 54.0 Å². The number of nitrogens with zero attached hydrogens (tertiary/aromatic N) is 5. The molecule has 1 aliphatic rings. The van der Waals surface area contributed by atoms with Crippen LogP contribution >= 0.6 is 11.3 Å². The lowest BCUT2D eigenvalue weighted by Gasteiger charge is -2.34. The standard InChI is InChI=1S/C22H19F3N6OS/c1-30-8-10-31(11-9-30)16-6-7-27-17(12-16)19-18(13-26)33-21(28-19)29-20(32)14-2-4-15(5-3-14)22(23,24)25/h2-7,12H,8-11H2,1H3,(H,28,29,32). The molecule has 0 aliphatic carbocycles. The molecule has 1 saturated heterocycles. The molecule has 1 aromatic carbocycles. The summed E-state index contributed by atoms with van der Waals surface area (Å²) >= 11 is 0.982. The summed E-state index contributed by atoms with van der Waals surface area (Å²) in [5.41, 5.74) is 1.04. The minimum absolute atomic E-state index is 0.0495. The Morgan fingerprint density at radius 2 is 1.85 bits per heavy atom. The van der Waals surface area contributed by atoms with Crippen molar-refractivity contribution < 1.29 is 18.0 Å². The number of pyridine rings is 1. The van der Waals surface area contributed by atoms with Crippen LogP contribution in [0.15, 0.2) is 42.6 Å². The first-order valence-electron chi connectivity index (χ1n) is 10.0. The van der Waals surface area contributed by atoms with Crippen LogP contribution in [0.25, 0.3) is 11.4 Å². The van der Waals surface area contributed by atoms with E-state index in [2.05, 4.69) is 38.2 Å². The molecule has 1 N–H and O–H groups in total. The topological polar surface area (TPSA) is 85.2 Å². The minimum Gasteiger partial charge on any atom is -0.369 e. The zero-order chi connectivity index (χ0) is 23.6. The van der Waals surface area contributed by atoms with Crippen molar-refractivity contribution in [3.63, 3.8) is 0 Å². The van der Waals surface area contributed by atoms with Gasteiger partial charge in [0, 0.05) is 43.6 Å². The molecule has 0 bridgehead atoms. The summed E-state index contributed by atoms with van der Waals surface area (Å²) in [7, 11) is 2.07. The summed E-state index contributed by atoms with van der Waals surface area (Å²) in [6.45, 7) is 3.63. The highest BCUT2D eigenvalue weighted by atomic mass is 32.1. The number of nitrogens with one attached hydrogen (secondary N) is 1. The quantitative estimate of drug-likeness (QED) is 0.616. The number of halogens is 3. The number of benzene rings is 1. The van der Waals surface area contributed by atoms with E-state index in [4.69, 9.17) is 0 Å². The van der Waals surface area contributed by atoms with Gasteiger partial charge in [-0.2, -0.15) is 18.4 Å². The van der Waals surface area contributed by atoms with Gasteiger partial charge >= 0.3 is 6.18 Å². The van der Waals surface area contributed by atoms with Gasteiger partial charge in [0.25, 0.3) is 5.91 Å². The molecule has 1 fully saturated rings. The Morgan fingerprint density at radius 3 is 2.48 bits per heavy atom. The number of piperazine rings is 1. The number of rotatable bonds is 4. The number of alkyl halides is 3. The summed E-state index contributed by atoms with van der Waals surface area (Å²) in [6, 6.07) is 9.72. The van der Waals surface area contributed by atoms with Crippen molar-refractivity contribution in [3.05, 3.63) is 58.6 Å². The molecule has 7 nitrogen and oxygen atoms in total. The van der Waals surface area contributed by atoms with Gasteiger partial charge in [-0.25, -0.2) is 4.98 Å².